The topological polar surface area (TPSA) is 32.3 Å². The quantitative estimate of drug-likeness (QED) is 0.727. The highest BCUT2D eigenvalue weighted by molar-refractivity contribution is 9.10. The zero-order valence-corrected chi connectivity index (χ0v) is 14.1. The number of unbranched alkanes of at least 4 members (excludes halogenated alkanes) is 2. The van der Waals surface area contributed by atoms with Crippen LogP contribution in [-0.2, 0) is 4.79 Å². The van der Waals surface area contributed by atoms with E-state index in [4.69, 9.17) is 0 Å². The maximum atomic E-state index is 12.1. The summed E-state index contributed by atoms with van der Waals surface area (Å²) in [5.74, 6) is 0.0594. The summed E-state index contributed by atoms with van der Waals surface area (Å²) in [6.45, 7) is 6.83. The molecule has 0 aliphatic carbocycles. The van der Waals surface area contributed by atoms with Crippen LogP contribution in [0.4, 0.5) is 5.69 Å². The Kier molecular flexibility index (Phi) is 8.54. The number of hydrogen-bond acceptors (Lipinski definition) is 2. The molecular weight excluding hydrogens is 316 g/mol. The van der Waals surface area contributed by atoms with Crippen molar-refractivity contribution in [2.24, 2.45) is 0 Å². The van der Waals surface area contributed by atoms with E-state index < -0.39 is 0 Å². The first kappa shape index (κ1) is 17.2. The molecule has 1 aromatic rings. The summed E-state index contributed by atoms with van der Waals surface area (Å²) in [5.41, 5.74) is 0.837. The van der Waals surface area contributed by atoms with Crippen molar-refractivity contribution in [2.45, 2.75) is 39.5 Å². The molecule has 1 amide bonds. The number of hydrogen-bond donors (Lipinski definition) is 1. The standard InChI is InChI=1S/C16H25BrN2O/c1-3-5-11-19(12-6-4-2)13-16(20)18-15-10-8-7-9-14(15)17/h7-10H,3-6,11-13H2,1-2H3,(H,18,20). The number of nitrogens with one attached hydrogen (secondary N) is 1. The molecular formula is C16H25BrN2O. The molecule has 0 unspecified atom stereocenters. The summed E-state index contributed by atoms with van der Waals surface area (Å²) in [7, 11) is 0. The summed E-state index contributed by atoms with van der Waals surface area (Å²) in [6, 6.07) is 7.70. The number of anilines is 1. The van der Waals surface area contributed by atoms with Gasteiger partial charge in [0, 0.05) is 4.47 Å². The van der Waals surface area contributed by atoms with Gasteiger partial charge in [-0.15, -0.1) is 0 Å². The van der Waals surface area contributed by atoms with Crippen LogP contribution in [0.25, 0.3) is 0 Å². The van der Waals surface area contributed by atoms with Crippen molar-refractivity contribution < 1.29 is 4.79 Å². The number of carbonyl (C=O) groups excluding carboxylic acids is 1. The fraction of sp³-hybridized carbons (Fsp3) is 0.562. The van der Waals surface area contributed by atoms with Gasteiger partial charge in [-0.2, -0.15) is 0 Å². The number of halogens is 1. The molecule has 0 aliphatic heterocycles. The third kappa shape index (κ3) is 6.53. The van der Waals surface area contributed by atoms with Crippen molar-refractivity contribution in [2.75, 3.05) is 25.0 Å². The van der Waals surface area contributed by atoms with Gasteiger partial charge in [-0.3, -0.25) is 9.69 Å². The highest BCUT2D eigenvalue weighted by atomic mass is 79.9. The third-order valence-corrected chi connectivity index (χ3v) is 3.86. The zero-order valence-electron chi connectivity index (χ0n) is 12.5. The monoisotopic (exact) mass is 340 g/mol. The normalized spacial score (nSPS) is 10.8. The Labute approximate surface area is 130 Å². The molecule has 1 N–H and O–H groups in total. The number of rotatable bonds is 9. The van der Waals surface area contributed by atoms with Gasteiger partial charge in [0.2, 0.25) is 5.91 Å². The first-order valence-electron chi connectivity index (χ1n) is 7.44. The van der Waals surface area contributed by atoms with Gasteiger partial charge in [0.05, 0.1) is 12.2 Å². The Bertz CT molecular complexity index is 401. The molecule has 0 atom stereocenters. The molecule has 0 spiro atoms. The lowest BCUT2D eigenvalue weighted by Gasteiger charge is -2.21. The fourth-order valence-corrected chi connectivity index (χ4v) is 2.37. The molecule has 3 nitrogen and oxygen atoms in total. The van der Waals surface area contributed by atoms with Crippen LogP contribution >= 0.6 is 15.9 Å². The molecule has 0 saturated heterocycles. The van der Waals surface area contributed by atoms with Crippen LogP contribution in [0.5, 0.6) is 0 Å². The average Bonchev–Trinajstić information content (AvgIpc) is 2.44. The van der Waals surface area contributed by atoms with E-state index in [0.717, 1.165) is 48.9 Å². The van der Waals surface area contributed by atoms with Gasteiger partial charge in [-0.05, 0) is 54.0 Å². The van der Waals surface area contributed by atoms with E-state index in [-0.39, 0.29) is 5.91 Å². The molecule has 1 aromatic carbocycles. The van der Waals surface area contributed by atoms with Crippen LogP contribution in [0.1, 0.15) is 39.5 Å². The molecule has 20 heavy (non-hydrogen) atoms. The Balaban J connectivity index is 2.50. The van der Waals surface area contributed by atoms with Gasteiger partial charge in [-0.25, -0.2) is 0 Å². The number of nitrogens with zero attached hydrogens (tertiary/aromatic N) is 1. The second-order valence-electron chi connectivity index (χ2n) is 5.01. The van der Waals surface area contributed by atoms with E-state index in [1.807, 2.05) is 24.3 Å². The molecule has 0 fully saturated rings. The van der Waals surface area contributed by atoms with Gasteiger partial charge >= 0.3 is 0 Å². The highest BCUT2D eigenvalue weighted by Crippen LogP contribution is 2.21. The Morgan fingerprint density at radius 3 is 2.30 bits per heavy atom. The largest absolute Gasteiger partial charge is 0.324 e. The van der Waals surface area contributed by atoms with Crippen LogP contribution in [0.2, 0.25) is 0 Å². The predicted molar refractivity (Wildman–Crippen MR) is 89.0 cm³/mol. The zero-order chi connectivity index (χ0) is 14.8. The van der Waals surface area contributed by atoms with Crippen LogP contribution in [0.15, 0.2) is 28.7 Å². The summed E-state index contributed by atoms with van der Waals surface area (Å²) in [4.78, 5) is 14.4. The lowest BCUT2D eigenvalue weighted by molar-refractivity contribution is -0.117. The molecule has 0 aromatic heterocycles. The van der Waals surface area contributed by atoms with E-state index >= 15 is 0 Å². The Morgan fingerprint density at radius 2 is 1.75 bits per heavy atom. The third-order valence-electron chi connectivity index (χ3n) is 3.17. The van der Waals surface area contributed by atoms with Crippen molar-refractivity contribution in [3.63, 3.8) is 0 Å². The summed E-state index contributed by atoms with van der Waals surface area (Å²) < 4.78 is 0.919. The smallest absolute Gasteiger partial charge is 0.238 e. The summed E-state index contributed by atoms with van der Waals surface area (Å²) >= 11 is 3.45. The minimum Gasteiger partial charge on any atom is -0.324 e. The van der Waals surface area contributed by atoms with Crippen molar-refractivity contribution in [3.05, 3.63) is 28.7 Å². The van der Waals surface area contributed by atoms with Gasteiger partial charge in [-0.1, -0.05) is 38.8 Å². The first-order valence-corrected chi connectivity index (χ1v) is 8.23. The van der Waals surface area contributed by atoms with Crippen LogP contribution < -0.4 is 5.32 Å². The minimum absolute atomic E-state index is 0.0594. The SMILES string of the molecule is CCCCN(CCCC)CC(=O)Nc1ccccc1Br. The first-order chi connectivity index (χ1) is 9.67. The van der Waals surface area contributed by atoms with E-state index in [1.165, 1.54) is 0 Å². The van der Waals surface area contributed by atoms with Gasteiger partial charge in [0.25, 0.3) is 0 Å². The number of para-hydroxylation sites is 1. The van der Waals surface area contributed by atoms with Crippen LogP contribution in [-0.4, -0.2) is 30.4 Å². The minimum atomic E-state index is 0.0594. The molecule has 0 radical (unpaired) electrons. The predicted octanol–water partition coefficient (Wildman–Crippen LogP) is 4.29. The number of carbonyl (C=O) groups is 1. The number of amides is 1. The van der Waals surface area contributed by atoms with Gasteiger partial charge < -0.3 is 5.32 Å². The second-order valence-corrected chi connectivity index (χ2v) is 5.87. The maximum absolute atomic E-state index is 12.1. The molecule has 0 heterocycles. The van der Waals surface area contributed by atoms with E-state index in [0.29, 0.717) is 6.54 Å². The Hall–Kier alpha value is -0.870. The molecule has 1 rings (SSSR count). The van der Waals surface area contributed by atoms with Crippen molar-refractivity contribution >= 4 is 27.5 Å². The van der Waals surface area contributed by atoms with E-state index in [2.05, 4.69) is 40.0 Å². The average molecular weight is 341 g/mol. The van der Waals surface area contributed by atoms with E-state index in [1.54, 1.807) is 0 Å². The summed E-state index contributed by atoms with van der Waals surface area (Å²) in [5, 5.41) is 2.97. The van der Waals surface area contributed by atoms with Gasteiger partial charge in [0.1, 0.15) is 0 Å². The lowest BCUT2D eigenvalue weighted by Crippen LogP contribution is -2.34. The molecule has 4 heteroatoms. The Morgan fingerprint density at radius 1 is 1.15 bits per heavy atom. The lowest BCUT2D eigenvalue weighted by atomic mass is 10.2. The van der Waals surface area contributed by atoms with Crippen molar-refractivity contribution in [1.82, 2.24) is 4.90 Å². The van der Waals surface area contributed by atoms with Crippen molar-refractivity contribution in [1.29, 1.82) is 0 Å². The molecule has 0 bridgehead atoms. The highest BCUT2D eigenvalue weighted by Gasteiger charge is 2.11. The number of benzene rings is 1. The molecule has 0 saturated carbocycles. The van der Waals surface area contributed by atoms with Crippen LogP contribution in [0, 0.1) is 0 Å². The van der Waals surface area contributed by atoms with Crippen molar-refractivity contribution in [3.8, 4) is 0 Å². The van der Waals surface area contributed by atoms with Gasteiger partial charge in [0.15, 0.2) is 0 Å². The second kappa shape index (κ2) is 9.94. The fourth-order valence-electron chi connectivity index (χ4n) is 1.99. The van der Waals surface area contributed by atoms with Crippen LogP contribution in [0.3, 0.4) is 0 Å². The molecule has 112 valence electrons. The maximum Gasteiger partial charge on any atom is 0.238 e. The molecule has 0 aliphatic rings. The summed E-state index contributed by atoms with van der Waals surface area (Å²) in [6.07, 6.45) is 4.61. The van der Waals surface area contributed by atoms with E-state index in [9.17, 15) is 4.79 Å².